The molecule has 55 valence electrons. The Labute approximate surface area is 54.5 Å². The number of nitrogens with zero attached hydrogens (tertiary/aromatic N) is 3. The Balaban J connectivity index is 2.96. The molecule has 0 atom stereocenters. The van der Waals surface area contributed by atoms with E-state index in [1.165, 1.54) is 0 Å². The number of aromatic nitrogens is 3. The quantitative estimate of drug-likeness (QED) is 0.550. The smallest absolute Gasteiger partial charge is 0.250 e. The van der Waals surface area contributed by atoms with Gasteiger partial charge in [0, 0.05) is 0 Å². The van der Waals surface area contributed by atoms with Gasteiger partial charge in [-0.25, -0.2) is 4.98 Å². The van der Waals surface area contributed by atoms with E-state index < -0.39 is 12.0 Å². The van der Waals surface area contributed by atoms with Gasteiger partial charge in [0.05, 0.1) is 7.05 Å². The Morgan fingerprint density at radius 3 is 2.30 bits per heavy atom. The van der Waals surface area contributed by atoms with Crippen molar-refractivity contribution in [3.63, 3.8) is 0 Å². The third kappa shape index (κ3) is 1.26. The first-order chi connectivity index (χ1) is 4.50. The number of rotatable bonds is 0. The zero-order valence-electron chi connectivity index (χ0n) is 4.76. The molecule has 3 nitrogen and oxygen atoms in total. The topological polar surface area (TPSA) is 30.7 Å². The van der Waals surface area contributed by atoms with Crippen LogP contribution in [-0.2, 0) is 6.18 Å². The van der Waals surface area contributed by atoms with Crippen molar-refractivity contribution >= 4 is 0 Å². The SMILES string of the molecule is [CH2]n1cnc(C(F)(F)F)n1. The van der Waals surface area contributed by atoms with E-state index in [4.69, 9.17) is 0 Å². The van der Waals surface area contributed by atoms with Crippen molar-refractivity contribution < 1.29 is 13.2 Å². The van der Waals surface area contributed by atoms with Crippen LogP contribution in [0.2, 0.25) is 0 Å². The summed E-state index contributed by atoms with van der Waals surface area (Å²) in [7, 11) is 3.10. The summed E-state index contributed by atoms with van der Waals surface area (Å²) in [4.78, 5) is 2.95. The molecular formula is C4H3F3N3. The molecule has 1 heterocycles. The van der Waals surface area contributed by atoms with E-state index in [0.717, 1.165) is 11.0 Å². The van der Waals surface area contributed by atoms with Crippen molar-refractivity contribution in [2.75, 3.05) is 0 Å². The fourth-order valence-electron chi connectivity index (χ4n) is 0.425. The summed E-state index contributed by atoms with van der Waals surface area (Å²) in [5, 5.41) is 2.95. The molecule has 1 radical (unpaired) electrons. The van der Waals surface area contributed by atoms with Crippen LogP contribution < -0.4 is 0 Å². The largest absolute Gasteiger partial charge is 0.453 e. The maximum Gasteiger partial charge on any atom is 0.453 e. The van der Waals surface area contributed by atoms with E-state index in [1.54, 1.807) is 0 Å². The summed E-state index contributed by atoms with van der Waals surface area (Å²) < 4.78 is 35.7. The van der Waals surface area contributed by atoms with Crippen molar-refractivity contribution in [3.05, 3.63) is 19.2 Å². The first-order valence-electron chi connectivity index (χ1n) is 2.30. The maximum absolute atomic E-state index is 11.6. The van der Waals surface area contributed by atoms with Gasteiger partial charge in [0.15, 0.2) is 0 Å². The van der Waals surface area contributed by atoms with Gasteiger partial charge in [-0.05, 0) is 0 Å². The zero-order chi connectivity index (χ0) is 7.78. The highest BCUT2D eigenvalue weighted by Gasteiger charge is 2.35. The summed E-state index contributed by atoms with van der Waals surface area (Å²) in [6, 6.07) is 0. The molecule has 10 heavy (non-hydrogen) atoms. The van der Waals surface area contributed by atoms with E-state index in [1.807, 2.05) is 0 Å². The zero-order valence-corrected chi connectivity index (χ0v) is 4.76. The van der Waals surface area contributed by atoms with Crippen molar-refractivity contribution in [1.29, 1.82) is 0 Å². The number of hydrogen-bond donors (Lipinski definition) is 0. The minimum Gasteiger partial charge on any atom is -0.250 e. The van der Waals surface area contributed by atoms with Crippen LogP contribution in [0.4, 0.5) is 13.2 Å². The molecule has 1 aromatic rings. The van der Waals surface area contributed by atoms with Crippen LogP contribution in [0.15, 0.2) is 6.33 Å². The Hall–Kier alpha value is -1.07. The molecule has 0 unspecified atom stereocenters. The van der Waals surface area contributed by atoms with Crippen LogP contribution in [0, 0.1) is 7.05 Å². The molecule has 0 bridgehead atoms. The summed E-state index contributed by atoms with van der Waals surface area (Å²) in [5.41, 5.74) is 0. The van der Waals surface area contributed by atoms with E-state index in [0.29, 0.717) is 0 Å². The lowest BCUT2D eigenvalue weighted by Gasteiger charge is -1.97. The fourth-order valence-corrected chi connectivity index (χ4v) is 0.425. The second kappa shape index (κ2) is 1.96. The van der Waals surface area contributed by atoms with Gasteiger partial charge in [-0.1, -0.05) is 0 Å². The fraction of sp³-hybridized carbons (Fsp3) is 0.250. The second-order valence-corrected chi connectivity index (χ2v) is 1.61. The molecule has 0 aromatic carbocycles. The lowest BCUT2D eigenvalue weighted by Crippen LogP contribution is -2.07. The minimum atomic E-state index is -4.47. The third-order valence-electron chi connectivity index (χ3n) is 0.790. The molecule has 1 rings (SSSR count). The van der Waals surface area contributed by atoms with Gasteiger partial charge in [-0.3, -0.25) is 4.68 Å². The first kappa shape index (κ1) is 7.04. The molecule has 0 saturated carbocycles. The van der Waals surface area contributed by atoms with Gasteiger partial charge in [-0.2, -0.15) is 13.2 Å². The first-order valence-corrected chi connectivity index (χ1v) is 2.30. The van der Waals surface area contributed by atoms with E-state index in [2.05, 4.69) is 17.1 Å². The average molecular weight is 150 g/mol. The summed E-state index contributed by atoms with van der Waals surface area (Å²) in [5.74, 6) is -1.16. The van der Waals surface area contributed by atoms with Gasteiger partial charge >= 0.3 is 6.18 Å². The van der Waals surface area contributed by atoms with Crippen molar-refractivity contribution in [2.24, 2.45) is 0 Å². The minimum absolute atomic E-state index is 0.753. The van der Waals surface area contributed by atoms with Crippen LogP contribution in [0.25, 0.3) is 0 Å². The van der Waals surface area contributed by atoms with Gasteiger partial charge < -0.3 is 0 Å². The third-order valence-corrected chi connectivity index (χ3v) is 0.790. The lowest BCUT2D eigenvalue weighted by molar-refractivity contribution is -0.144. The van der Waals surface area contributed by atoms with Crippen molar-refractivity contribution in [1.82, 2.24) is 14.8 Å². The molecule has 0 aliphatic carbocycles. The highest BCUT2D eigenvalue weighted by molar-refractivity contribution is 4.87. The van der Waals surface area contributed by atoms with Crippen molar-refractivity contribution in [3.8, 4) is 0 Å². The molecular weight excluding hydrogens is 147 g/mol. The van der Waals surface area contributed by atoms with E-state index >= 15 is 0 Å². The van der Waals surface area contributed by atoms with Crippen LogP contribution in [0.5, 0.6) is 0 Å². The van der Waals surface area contributed by atoms with Gasteiger partial charge in [0.25, 0.3) is 5.82 Å². The molecule has 1 aromatic heterocycles. The monoisotopic (exact) mass is 150 g/mol. The predicted octanol–water partition coefficient (Wildman–Crippen LogP) is 0.937. The molecule has 0 fully saturated rings. The van der Waals surface area contributed by atoms with Crippen LogP contribution in [-0.4, -0.2) is 14.8 Å². The molecule has 0 aliphatic rings. The molecule has 0 saturated heterocycles. The molecule has 0 N–H and O–H groups in total. The molecule has 0 amide bonds. The normalized spacial score (nSPS) is 12.0. The highest BCUT2D eigenvalue weighted by Crippen LogP contribution is 2.24. The van der Waals surface area contributed by atoms with E-state index in [9.17, 15) is 13.2 Å². The van der Waals surface area contributed by atoms with E-state index in [-0.39, 0.29) is 0 Å². The number of halogens is 3. The number of alkyl halides is 3. The lowest BCUT2D eigenvalue weighted by atomic mass is 10.6. The highest BCUT2D eigenvalue weighted by atomic mass is 19.4. The summed E-state index contributed by atoms with van der Waals surface area (Å²) in [6.07, 6.45) is -3.58. The molecule has 0 aliphatic heterocycles. The Bertz CT molecular complexity index is 226. The molecule has 0 spiro atoms. The standard InChI is InChI=1S/C4H3F3N3/c1-10-2-8-3(9-10)4(5,6)7/h2H,1H2. The Morgan fingerprint density at radius 2 is 2.10 bits per heavy atom. The summed E-state index contributed by atoms with van der Waals surface area (Å²) in [6.45, 7) is 0. The Morgan fingerprint density at radius 1 is 1.50 bits per heavy atom. The van der Waals surface area contributed by atoms with Crippen molar-refractivity contribution in [2.45, 2.75) is 6.18 Å². The Kier molecular flexibility index (Phi) is 1.38. The van der Waals surface area contributed by atoms with Gasteiger partial charge in [0.1, 0.15) is 6.33 Å². The van der Waals surface area contributed by atoms with Crippen LogP contribution >= 0.6 is 0 Å². The van der Waals surface area contributed by atoms with Crippen LogP contribution in [0.3, 0.4) is 0 Å². The maximum atomic E-state index is 11.6. The average Bonchev–Trinajstić information content (AvgIpc) is 2.11. The summed E-state index contributed by atoms with van der Waals surface area (Å²) >= 11 is 0. The number of hydrogen-bond acceptors (Lipinski definition) is 2. The molecule has 6 heteroatoms. The van der Waals surface area contributed by atoms with Gasteiger partial charge in [0.2, 0.25) is 0 Å². The second-order valence-electron chi connectivity index (χ2n) is 1.61. The van der Waals surface area contributed by atoms with Crippen LogP contribution in [0.1, 0.15) is 5.82 Å². The van der Waals surface area contributed by atoms with Gasteiger partial charge in [-0.15, -0.1) is 5.10 Å². The predicted molar refractivity (Wildman–Crippen MR) is 25.8 cm³/mol.